The van der Waals surface area contributed by atoms with Crippen molar-refractivity contribution in [3.63, 3.8) is 0 Å². The van der Waals surface area contributed by atoms with E-state index in [4.69, 9.17) is 4.98 Å². The maximum absolute atomic E-state index is 12.8. The summed E-state index contributed by atoms with van der Waals surface area (Å²) in [5.74, 6) is 0.439. The summed E-state index contributed by atoms with van der Waals surface area (Å²) in [5, 5.41) is 8.19. The minimum atomic E-state index is -0.210. The van der Waals surface area contributed by atoms with Gasteiger partial charge in [0.15, 0.2) is 0 Å². The van der Waals surface area contributed by atoms with Gasteiger partial charge < -0.3 is 5.32 Å². The van der Waals surface area contributed by atoms with Gasteiger partial charge in [0.1, 0.15) is 17.0 Å². The Morgan fingerprint density at radius 1 is 1.23 bits per heavy atom. The summed E-state index contributed by atoms with van der Waals surface area (Å²) >= 11 is 1.72. The summed E-state index contributed by atoms with van der Waals surface area (Å²) in [6.45, 7) is 6.09. The van der Waals surface area contributed by atoms with Crippen LogP contribution in [0.5, 0.6) is 0 Å². The lowest BCUT2D eigenvalue weighted by molar-refractivity contribution is 0.0934. The highest BCUT2D eigenvalue weighted by Crippen LogP contribution is 2.29. The summed E-state index contributed by atoms with van der Waals surface area (Å²) in [4.78, 5) is 27.4. The standard InChI is InChI=1S/C18H22N6OS/c1-10(2)14-8-13(23-18-19-9-20-24(14)18)16(25)21-11(3)17-22-12-6-4-5-7-15(12)26-17/h8-11H,4-7H2,1-3H3,(H,21,25)/t11-/m0/s1. The largest absolute Gasteiger partial charge is 0.342 e. The van der Waals surface area contributed by atoms with Crippen LogP contribution in [0.3, 0.4) is 0 Å². The van der Waals surface area contributed by atoms with Gasteiger partial charge in [-0.2, -0.15) is 10.1 Å². The molecule has 0 spiro atoms. The van der Waals surface area contributed by atoms with Crippen LogP contribution in [0, 0.1) is 0 Å². The summed E-state index contributed by atoms with van der Waals surface area (Å²) < 4.78 is 1.68. The summed E-state index contributed by atoms with van der Waals surface area (Å²) in [6.07, 6.45) is 6.05. The van der Waals surface area contributed by atoms with Crippen LogP contribution >= 0.6 is 11.3 Å². The molecule has 0 aromatic carbocycles. The van der Waals surface area contributed by atoms with E-state index in [-0.39, 0.29) is 17.9 Å². The van der Waals surface area contributed by atoms with Crippen molar-refractivity contribution in [2.24, 2.45) is 0 Å². The van der Waals surface area contributed by atoms with Crippen LogP contribution in [0.15, 0.2) is 12.4 Å². The molecule has 0 fully saturated rings. The molecule has 4 rings (SSSR count). The van der Waals surface area contributed by atoms with Crippen molar-refractivity contribution in [2.75, 3.05) is 0 Å². The van der Waals surface area contributed by atoms with Crippen LogP contribution < -0.4 is 5.32 Å². The third kappa shape index (κ3) is 3.09. The summed E-state index contributed by atoms with van der Waals surface area (Å²) in [5.41, 5.74) is 2.49. The lowest BCUT2D eigenvalue weighted by Gasteiger charge is -2.13. The average Bonchev–Trinajstić information content (AvgIpc) is 3.26. The molecule has 1 aliphatic carbocycles. The molecule has 1 aliphatic rings. The Morgan fingerprint density at radius 2 is 2.04 bits per heavy atom. The number of hydrogen-bond donors (Lipinski definition) is 1. The van der Waals surface area contributed by atoms with Gasteiger partial charge in [-0.05, 0) is 44.6 Å². The topological polar surface area (TPSA) is 85.1 Å². The number of hydrogen-bond acceptors (Lipinski definition) is 6. The second kappa shape index (κ2) is 6.75. The van der Waals surface area contributed by atoms with Gasteiger partial charge in [-0.15, -0.1) is 11.3 Å². The molecule has 1 amide bonds. The maximum atomic E-state index is 12.8. The Hall–Kier alpha value is -2.35. The fourth-order valence-electron chi connectivity index (χ4n) is 3.25. The molecule has 136 valence electrons. The predicted octanol–water partition coefficient (Wildman–Crippen LogP) is 3.07. The molecular formula is C18H22N6OS. The van der Waals surface area contributed by atoms with E-state index in [0.717, 1.165) is 23.5 Å². The Labute approximate surface area is 155 Å². The molecule has 7 nitrogen and oxygen atoms in total. The highest BCUT2D eigenvalue weighted by Gasteiger charge is 2.21. The molecule has 3 aromatic rings. The smallest absolute Gasteiger partial charge is 0.270 e. The summed E-state index contributed by atoms with van der Waals surface area (Å²) in [7, 11) is 0. The molecule has 0 saturated carbocycles. The van der Waals surface area contributed by atoms with E-state index < -0.39 is 0 Å². The minimum Gasteiger partial charge on any atom is -0.342 e. The Morgan fingerprint density at radius 3 is 2.81 bits per heavy atom. The number of nitrogens with zero attached hydrogens (tertiary/aromatic N) is 5. The molecule has 3 aromatic heterocycles. The molecule has 0 saturated heterocycles. The highest BCUT2D eigenvalue weighted by atomic mass is 32.1. The zero-order valence-electron chi connectivity index (χ0n) is 15.2. The molecular weight excluding hydrogens is 348 g/mol. The number of rotatable bonds is 4. The van der Waals surface area contributed by atoms with E-state index >= 15 is 0 Å². The van der Waals surface area contributed by atoms with Gasteiger partial charge in [0, 0.05) is 4.88 Å². The molecule has 8 heteroatoms. The van der Waals surface area contributed by atoms with Crippen molar-refractivity contribution >= 4 is 23.0 Å². The third-order valence-corrected chi connectivity index (χ3v) is 6.02. The van der Waals surface area contributed by atoms with Gasteiger partial charge in [-0.1, -0.05) is 13.8 Å². The first-order chi connectivity index (χ1) is 12.5. The van der Waals surface area contributed by atoms with Gasteiger partial charge in [0.25, 0.3) is 11.7 Å². The second-order valence-corrected chi connectivity index (χ2v) is 8.13. The first kappa shape index (κ1) is 17.1. The number of aryl methyl sites for hydroxylation is 2. The fourth-order valence-corrected chi connectivity index (χ4v) is 4.41. The number of nitrogens with one attached hydrogen (secondary N) is 1. The van der Waals surface area contributed by atoms with E-state index in [9.17, 15) is 4.79 Å². The zero-order valence-corrected chi connectivity index (χ0v) is 16.0. The van der Waals surface area contributed by atoms with Gasteiger partial charge >= 0.3 is 0 Å². The van der Waals surface area contributed by atoms with Crippen molar-refractivity contribution in [2.45, 2.75) is 58.4 Å². The van der Waals surface area contributed by atoms with E-state index in [0.29, 0.717) is 11.5 Å². The molecule has 0 aliphatic heterocycles. The van der Waals surface area contributed by atoms with Crippen LogP contribution in [0.2, 0.25) is 0 Å². The number of aromatic nitrogens is 5. The molecule has 1 atom stereocenters. The molecule has 0 unspecified atom stereocenters. The molecule has 26 heavy (non-hydrogen) atoms. The molecule has 3 heterocycles. The van der Waals surface area contributed by atoms with Crippen molar-refractivity contribution in [3.8, 4) is 0 Å². The number of carbonyl (C=O) groups excluding carboxylic acids is 1. The van der Waals surface area contributed by atoms with Gasteiger partial charge in [-0.3, -0.25) is 4.79 Å². The Bertz CT molecular complexity index is 936. The minimum absolute atomic E-state index is 0.142. The van der Waals surface area contributed by atoms with Crippen LogP contribution in [0.25, 0.3) is 5.78 Å². The highest BCUT2D eigenvalue weighted by molar-refractivity contribution is 7.11. The number of amides is 1. The predicted molar refractivity (Wildman–Crippen MR) is 99.5 cm³/mol. The van der Waals surface area contributed by atoms with E-state index in [2.05, 4.69) is 34.2 Å². The monoisotopic (exact) mass is 370 g/mol. The van der Waals surface area contributed by atoms with Crippen molar-refractivity contribution in [1.29, 1.82) is 0 Å². The molecule has 0 radical (unpaired) electrons. The van der Waals surface area contributed by atoms with Crippen LogP contribution in [-0.4, -0.2) is 30.5 Å². The van der Waals surface area contributed by atoms with Crippen molar-refractivity contribution in [1.82, 2.24) is 29.9 Å². The molecule has 0 bridgehead atoms. The van der Waals surface area contributed by atoms with Gasteiger partial charge in [-0.25, -0.2) is 14.5 Å². The van der Waals surface area contributed by atoms with Crippen LogP contribution in [0.4, 0.5) is 0 Å². The summed E-state index contributed by atoms with van der Waals surface area (Å²) in [6, 6.07) is 1.65. The first-order valence-electron chi connectivity index (χ1n) is 9.03. The fraction of sp³-hybridized carbons (Fsp3) is 0.500. The zero-order chi connectivity index (χ0) is 18.3. The average molecular weight is 370 g/mol. The Balaban J connectivity index is 1.57. The lowest BCUT2D eigenvalue weighted by atomic mass is 10.0. The van der Waals surface area contributed by atoms with Crippen molar-refractivity contribution < 1.29 is 4.79 Å². The van der Waals surface area contributed by atoms with E-state index in [1.807, 2.05) is 6.92 Å². The SMILES string of the molecule is CC(C)c1cc(C(=O)N[C@@H](C)c2nc3c(s2)CCCC3)nc2ncnn12. The second-order valence-electron chi connectivity index (χ2n) is 7.02. The van der Waals surface area contributed by atoms with Crippen LogP contribution in [0.1, 0.15) is 77.3 Å². The normalized spacial score (nSPS) is 15.2. The van der Waals surface area contributed by atoms with E-state index in [1.54, 1.807) is 21.9 Å². The molecule has 1 N–H and O–H groups in total. The van der Waals surface area contributed by atoms with E-state index in [1.165, 1.54) is 29.7 Å². The van der Waals surface area contributed by atoms with Gasteiger partial charge in [0.2, 0.25) is 0 Å². The quantitative estimate of drug-likeness (QED) is 0.763. The third-order valence-electron chi connectivity index (χ3n) is 4.68. The van der Waals surface area contributed by atoms with Crippen LogP contribution in [-0.2, 0) is 12.8 Å². The lowest BCUT2D eigenvalue weighted by Crippen LogP contribution is -2.28. The van der Waals surface area contributed by atoms with Gasteiger partial charge in [0.05, 0.1) is 17.4 Å². The number of carbonyl (C=O) groups is 1. The first-order valence-corrected chi connectivity index (χ1v) is 9.84. The maximum Gasteiger partial charge on any atom is 0.270 e. The number of thiazole rings is 1. The van der Waals surface area contributed by atoms with Crippen molar-refractivity contribution in [3.05, 3.63) is 39.4 Å². The number of fused-ring (bicyclic) bond motifs is 2. The Kier molecular flexibility index (Phi) is 4.44.